The van der Waals surface area contributed by atoms with Crippen molar-refractivity contribution in [2.75, 3.05) is 12.4 Å². The standard InChI is InChI=1S/C14H19ClN2O3/c1-10-4-5-11(17(19)20)8-12(10)13(18)16-9-14(2,3)6-7-15/h4-5,8H,6-7,9H2,1-3H3,(H,16,18). The number of halogens is 1. The highest BCUT2D eigenvalue weighted by molar-refractivity contribution is 6.17. The van der Waals surface area contributed by atoms with Crippen molar-refractivity contribution in [3.8, 4) is 0 Å². The van der Waals surface area contributed by atoms with Gasteiger partial charge in [-0.05, 0) is 24.3 Å². The van der Waals surface area contributed by atoms with E-state index in [1.807, 2.05) is 13.8 Å². The number of non-ortho nitro benzene ring substituents is 1. The molecule has 0 radical (unpaired) electrons. The van der Waals surface area contributed by atoms with Gasteiger partial charge in [0.25, 0.3) is 11.6 Å². The third kappa shape index (κ3) is 4.49. The molecule has 0 unspecified atom stereocenters. The summed E-state index contributed by atoms with van der Waals surface area (Å²) in [4.78, 5) is 22.4. The fourth-order valence-corrected chi connectivity index (χ4v) is 2.24. The van der Waals surface area contributed by atoms with Gasteiger partial charge in [0.15, 0.2) is 0 Å². The SMILES string of the molecule is Cc1ccc([N+](=O)[O-])cc1C(=O)NCC(C)(C)CCCl. The molecule has 1 N–H and O–H groups in total. The maximum absolute atomic E-state index is 12.1. The second-order valence-electron chi connectivity index (χ2n) is 5.54. The topological polar surface area (TPSA) is 72.2 Å². The number of hydrogen-bond donors (Lipinski definition) is 1. The normalized spacial score (nSPS) is 11.2. The van der Waals surface area contributed by atoms with E-state index in [-0.39, 0.29) is 17.0 Å². The van der Waals surface area contributed by atoms with E-state index in [1.54, 1.807) is 13.0 Å². The highest BCUT2D eigenvalue weighted by Gasteiger charge is 2.20. The monoisotopic (exact) mass is 298 g/mol. The Balaban J connectivity index is 2.82. The molecule has 1 aromatic rings. The third-order valence-corrected chi connectivity index (χ3v) is 3.36. The van der Waals surface area contributed by atoms with Crippen molar-refractivity contribution in [2.45, 2.75) is 27.2 Å². The van der Waals surface area contributed by atoms with Crippen molar-refractivity contribution < 1.29 is 9.72 Å². The van der Waals surface area contributed by atoms with Crippen LogP contribution in [0.15, 0.2) is 18.2 Å². The number of nitrogens with one attached hydrogen (secondary N) is 1. The summed E-state index contributed by atoms with van der Waals surface area (Å²) in [6.07, 6.45) is 0.781. The number of nitrogens with zero attached hydrogens (tertiary/aromatic N) is 1. The molecule has 0 fully saturated rings. The predicted octanol–water partition coefficient (Wildman–Crippen LogP) is 3.29. The minimum Gasteiger partial charge on any atom is -0.351 e. The molecule has 0 aliphatic heterocycles. The van der Waals surface area contributed by atoms with Gasteiger partial charge in [-0.2, -0.15) is 0 Å². The number of carbonyl (C=O) groups excluding carboxylic acids is 1. The predicted molar refractivity (Wildman–Crippen MR) is 79.3 cm³/mol. The number of hydrogen-bond acceptors (Lipinski definition) is 3. The molecule has 0 saturated carbocycles. The molecular weight excluding hydrogens is 280 g/mol. The summed E-state index contributed by atoms with van der Waals surface area (Å²) in [5, 5.41) is 13.6. The lowest BCUT2D eigenvalue weighted by Gasteiger charge is -2.23. The van der Waals surface area contributed by atoms with Gasteiger partial charge in [-0.3, -0.25) is 14.9 Å². The van der Waals surface area contributed by atoms with Gasteiger partial charge in [-0.25, -0.2) is 0 Å². The van der Waals surface area contributed by atoms with Gasteiger partial charge in [0.2, 0.25) is 0 Å². The highest BCUT2D eigenvalue weighted by atomic mass is 35.5. The van der Waals surface area contributed by atoms with Crippen LogP contribution in [0.5, 0.6) is 0 Å². The third-order valence-electron chi connectivity index (χ3n) is 3.18. The molecule has 5 nitrogen and oxygen atoms in total. The molecule has 0 aliphatic carbocycles. The Morgan fingerprint density at radius 2 is 2.10 bits per heavy atom. The summed E-state index contributed by atoms with van der Waals surface area (Å²) in [6, 6.07) is 4.28. The number of amides is 1. The average Bonchev–Trinajstić information content (AvgIpc) is 2.36. The number of nitro benzene ring substituents is 1. The molecule has 0 saturated heterocycles. The summed E-state index contributed by atoms with van der Waals surface area (Å²) >= 11 is 5.71. The summed E-state index contributed by atoms with van der Waals surface area (Å²) in [6.45, 7) is 6.25. The van der Waals surface area contributed by atoms with E-state index in [0.29, 0.717) is 23.6 Å². The van der Waals surface area contributed by atoms with Gasteiger partial charge in [0.05, 0.1) is 4.92 Å². The number of rotatable bonds is 6. The molecule has 0 aromatic heterocycles. The summed E-state index contributed by atoms with van der Waals surface area (Å²) in [7, 11) is 0. The molecule has 6 heteroatoms. The second kappa shape index (κ2) is 6.70. The first-order valence-electron chi connectivity index (χ1n) is 6.36. The van der Waals surface area contributed by atoms with Crippen LogP contribution in [0.2, 0.25) is 0 Å². The zero-order valence-electron chi connectivity index (χ0n) is 11.9. The van der Waals surface area contributed by atoms with E-state index >= 15 is 0 Å². The van der Waals surface area contributed by atoms with E-state index in [0.717, 1.165) is 6.42 Å². The maximum Gasteiger partial charge on any atom is 0.270 e. The number of alkyl halides is 1. The smallest absolute Gasteiger partial charge is 0.270 e. The van der Waals surface area contributed by atoms with E-state index in [1.165, 1.54) is 12.1 Å². The van der Waals surface area contributed by atoms with Crippen LogP contribution < -0.4 is 5.32 Å². The Morgan fingerprint density at radius 3 is 2.65 bits per heavy atom. The number of carbonyl (C=O) groups is 1. The van der Waals surface area contributed by atoms with Crippen molar-refractivity contribution in [1.29, 1.82) is 0 Å². The van der Waals surface area contributed by atoms with Crippen molar-refractivity contribution in [3.63, 3.8) is 0 Å². The molecule has 1 amide bonds. The zero-order chi connectivity index (χ0) is 15.3. The molecular formula is C14H19ClN2O3. The van der Waals surface area contributed by atoms with Crippen molar-refractivity contribution in [1.82, 2.24) is 5.32 Å². The van der Waals surface area contributed by atoms with Crippen LogP contribution in [0.4, 0.5) is 5.69 Å². The number of nitro groups is 1. The fraction of sp³-hybridized carbons (Fsp3) is 0.500. The van der Waals surface area contributed by atoms with Crippen LogP contribution in [0.3, 0.4) is 0 Å². The number of aryl methyl sites for hydroxylation is 1. The first-order valence-corrected chi connectivity index (χ1v) is 6.89. The molecule has 1 aromatic carbocycles. The fourth-order valence-electron chi connectivity index (χ4n) is 1.73. The minimum absolute atomic E-state index is 0.0826. The van der Waals surface area contributed by atoms with Gasteiger partial charge in [0.1, 0.15) is 0 Å². The lowest BCUT2D eigenvalue weighted by Crippen LogP contribution is -2.34. The molecule has 0 aliphatic rings. The second-order valence-corrected chi connectivity index (χ2v) is 5.92. The van der Waals surface area contributed by atoms with Gasteiger partial charge >= 0.3 is 0 Å². The van der Waals surface area contributed by atoms with Gasteiger partial charge in [-0.1, -0.05) is 19.9 Å². The van der Waals surface area contributed by atoms with Crippen LogP contribution >= 0.6 is 11.6 Å². The molecule has 20 heavy (non-hydrogen) atoms. The molecule has 0 heterocycles. The summed E-state index contributed by atoms with van der Waals surface area (Å²) in [5.41, 5.74) is 0.858. The minimum atomic E-state index is -0.506. The van der Waals surface area contributed by atoms with E-state index in [4.69, 9.17) is 11.6 Å². The van der Waals surface area contributed by atoms with Gasteiger partial charge in [0, 0.05) is 30.1 Å². The molecule has 0 spiro atoms. The van der Waals surface area contributed by atoms with Gasteiger partial charge in [-0.15, -0.1) is 11.6 Å². The number of benzene rings is 1. The maximum atomic E-state index is 12.1. The first-order chi connectivity index (χ1) is 9.26. The Morgan fingerprint density at radius 1 is 1.45 bits per heavy atom. The Kier molecular flexibility index (Phi) is 5.51. The molecule has 110 valence electrons. The van der Waals surface area contributed by atoms with Crippen LogP contribution in [-0.2, 0) is 0 Å². The van der Waals surface area contributed by atoms with E-state index in [2.05, 4.69) is 5.32 Å². The largest absolute Gasteiger partial charge is 0.351 e. The highest BCUT2D eigenvalue weighted by Crippen LogP contribution is 2.21. The Bertz CT molecular complexity index is 515. The van der Waals surface area contributed by atoms with Crippen molar-refractivity contribution in [3.05, 3.63) is 39.4 Å². The molecule has 1 rings (SSSR count). The Labute approximate surface area is 123 Å². The van der Waals surface area contributed by atoms with Crippen LogP contribution in [0.1, 0.15) is 36.2 Å². The van der Waals surface area contributed by atoms with Crippen molar-refractivity contribution in [2.24, 2.45) is 5.41 Å². The van der Waals surface area contributed by atoms with Crippen LogP contribution in [0.25, 0.3) is 0 Å². The van der Waals surface area contributed by atoms with E-state index in [9.17, 15) is 14.9 Å². The summed E-state index contributed by atoms with van der Waals surface area (Å²) < 4.78 is 0. The average molecular weight is 299 g/mol. The lowest BCUT2D eigenvalue weighted by atomic mass is 9.90. The summed E-state index contributed by atoms with van der Waals surface area (Å²) in [5.74, 6) is 0.229. The zero-order valence-corrected chi connectivity index (χ0v) is 12.7. The molecule has 0 bridgehead atoms. The first kappa shape index (κ1) is 16.4. The Hall–Kier alpha value is -1.62. The van der Waals surface area contributed by atoms with Gasteiger partial charge < -0.3 is 5.32 Å². The molecule has 0 atom stereocenters. The van der Waals surface area contributed by atoms with Crippen LogP contribution in [0, 0.1) is 22.5 Å². The quantitative estimate of drug-likeness (QED) is 0.497. The lowest BCUT2D eigenvalue weighted by molar-refractivity contribution is -0.384. The van der Waals surface area contributed by atoms with Crippen LogP contribution in [-0.4, -0.2) is 23.3 Å². The van der Waals surface area contributed by atoms with Crippen molar-refractivity contribution >= 4 is 23.2 Å². The van der Waals surface area contributed by atoms with E-state index < -0.39 is 4.92 Å².